The number of hydrogen-bond donors (Lipinski definition) is 2. The van der Waals surface area contributed by atoms with Gasteiger partial charge in [0.25, 0.3) is 0 Å². The second-order valence-corrected chi connectivity index (χ2v) is 6.90. The number of ether oxygens (including phenoxy) is 2. The second-order valence-electron chi connectivity index (χ2n) is 6.90. The van der Waals surface area contributed by atoms with Crippen molar-refractivity contribution in [3.8, 4) is 0 Å². The molecular formula is C17H36IN3O3. The number of piperidine rings is 1. The highest BCUT2D eigenvalue weighted by Gasteiger charge is 2.23. The summed E-state index contributed by atoms with van der Waals surface area (Å²) in [6.07, 6.45) is 3.36. The van der Waals surface area contributed by atoms with Crippen LogP contribution in [0.5, 0.6) is 0 Å². The van der Waals surface area contributed by atoms with E-state index in [0.717, 1.165) is 58.1 Å². The molecule has 0 unspecified atom stereocenters. The highest BCUT2D eigenvalue weighted by atomic mass is 127. The molecule has 0 saturated carbocycles. The molecule has 144 valence electrons. The van der Waals surface area contributed by atoms with E-state index in [1.807, 2.05) is 13.8 Å². The van der Waals surface area contributed by atoms with E-state index in [0.29, 0.717) is 12.6 Å². The normalized spacial score (nSPS) is 16.9. The van der Waals surface area contributed by atoms with Gasteiger partial charge >= 0.3 is 0 Å². The predicted octanol–water partition coefficient (Wildman–Crippen LogP) is 2.11. The number of aliphatic hydroxyl groups excluding tert-OH is 1. The lowest BCUT2D eigenvalue weighted by molar-refractivity contribution is 0.00986. The van der Waals surface area contributed by atoms with Crippen LogP contribution in [0.3, 0.4) is 0 Å². The number of hydrogen-bond acceptors (Lipinski definition) is 4. The maximum absolute atomic E-state index is 9.37. The van der Waals surface area contributed by atoms with Crippen molar-refractivity contribution in [2.24, 2.45) is 10.4 Å². The molecule has 24 heavy (non-hydrogen) atoms. The Morgan fingerprint density at radius 1 is 1.29 bits per heavy atom. The molecule has 0 atom stereocenters. The van der Waals surface area contributed by atoms with Gasteiger partial charge in [-0.15, -0.1) is 24.0 Å². The van der Waals surface area contributed by atoms with Crippen molar-refractivity contribution in [1.29, 1.82) is 0 Å². The van der Waals surface area contributed by atoms with Crippen LogP contribution in [0.25, 0.3) is 0 Å². The Balaban J connectivity index is 0.00000529. The minimum absolute atomic E-state index is 0. The van der Waals surface area contributed by atoms with Gasteiger partial charge in [-0.3, -0.25) is 4.99 Å². The summed E-state index contributed by atoms with van der Waals surface area (Å²) < 4.78 is 10.9. The number of methoxy groups -OCH3 is 1. The Kier molecular flexibility index (Phi) is 13.1. The summed E-state index contributed by atoms with van der Waals surface area (Å²) in [5, 5.41) is 12.7. The molecule has 0 spiro atoms. The van der Waals surface area contributed by atoms with Gasteiger partial charge < -0.3 is 24.8 Å². The van der Waals surface area contributed by atoms with E-state index in [4.69, 9.17) is 14.5 Å². The van der Waals surface area contributed by atoms with Gasteiger partial charge in [0.1, 0.15) is 0 Å². The maximum Gasteiger partial charge on any atom is 0.193 e. The first-order chi connectivity index (χ1) is 11.0. The molecule has 0 aromatic carbocycles. The van der Waals surface area contributed by atoms with Crippen molar-refractivity contribution in [3.05, 3.63) is 0 Å². The standard InChI is InChI=1S/C17H35N3O3.HI/c1-5-18-16(19-13-17(2,3)14-21)20-9-7-15(8-10-20)23-12-6-11-22-4;/h15,21H,5-14H2,1-4H3,(H,18,19);1H. The molecule has 1 fully saturated rings. The number of guanidine groups is 1. The molecule has 0 aromatic heterocycles. The number of aliphatic hydroxyl groups is 1. The summed E-state index contributed by atoms with van der Waals surface area (Å²) in [5.74, 6) is 0.951. The van der Waals surface area contributed by atoms with Gasteiger partial charge in [-0.2, -0.15) is 0 Å². The summed E-state index contributed by atoms with van der Waals surface area (Å²) in [6.45, 7) is 11.2. The van der Waals surface area contributed by atoms with Gasteiger partial charge in [-0.1, -0.05) is 13.8 Å². The average molecular weight is 457 g/mol. The summed E-state index contributed by atoms with van der Waals surface area (Å²) >= 11 is 0. The third kappa shape index (κ3) is 9.39. The number of rotatable bonds is 9. The molecule has 1 rings (SSSR count). The molecule has 1 saturated heterocycles. The number of likely N-dealkylation sites (tertiary alicyclic amines) is 1. The van der Waals surface area contributed by atoms with Crippen LogP contribution in [0.15, 0.2) is 4.99 Å². The zero-order valence-electron chi connectivity index (χ0n) is 15.7. The van der Waals surface area contributed by atoms with Crippen LogP contribution in [-0.4, -0.2) is 75.2 Å². The average Bonchev–Trinajstić information content (AvgIpc) is 2.56. The Hall–Kier alpha value is -0.120. The fourth-order valence-corrected chi connectivity index (χ4v) is 2.45. The van der Waals surface area contributed by atoms with E-state index in [-0.39, 0.29) is 36.0 Å². The van der Waals surface area contributed by atoms with Gasteiger partial charge in [0, 0.05) is 52.0 Å². The van der Waals surface area contributed by atoms with Crippen LogP contribution < -0.4 is 5.32 Å². The van der Waals surface area contributed by atoms with Crippen molar-refractivity contribution in [1.82, 2.24) is 10.2 Å². The van der Waals surface area contributed by atoms with E-state index in [9.17, 15) is 5.11 Å². The van der Waals surface area contributed by atoms with E-state index in [1.54, 1.807) is 7.11 Å². The van der Waals surface area contributed by atoms with E-state index >= 15 is 0 Å². The predicted molar refractivity (Wildman–Crippen MR) is 109 cm³/mol. The Morgan fingerprint density at radius 2 is 1.96 bits per heavy atom. The number of nitrogens with one attached hydrogen (secondary N) is 1. The Morgan fingerprint density at radius 3 is 2.50 bits per heavy atom. The summed E-state index contributed by atoms with van der Waals surface area (Å²) in [7, 11) is 1.72. The first-order valence-corrected chi connectivity index (χ1v) is 8.77. The highest BCUT2D eigenvalue weighted by molar-refractivity contribution is 14.0. The zero-order chi connectivity index (χ0) is 17.1. The van der Waals surface area contributed by atoms with Crippen molar-refractivity contribution in [3.63, 3.8) is 0 Å². The van der Waals surface area contributed by atoms with Gasteiger partial charge in [0.2, 0.25) is 0 Å². The lowest BCUT2D eigenvalue weighted by atomic mass is 9.95. The van der Waals surface area contributed by atoms with Gasteiger partial charge in [0.15, 0.2) is 5.96 Å². The number of nitrogens with zero attached hydrogens (tertiary/aromatic N) is 2. The molecule has 0 bridgehead atoms. The quantitative estimate of drug-likeness (QED) is 0.240. The molecule has 6 nitrogen and oxygen atoms in total. The Bertz CT molecular complexity index is 346. The van der Waals surface area contributed by atoms with E-state index in [2.05, 4.69) is 17.1 Å². The lowest BCUT2D eigenvalue weighted by Crippen LogP contribution is -2.47. The first kappa shape index (κ1) is 23.9. The maximum atomic E-state index is 9.37. The minimum Gasteiger partial charge on any atom is -0.396 e. The highest BCUT2D eigenvalue weighted by Crippen LogP contribution is 2.16. The summed E-state index contributed by atoms with van der Waals surface area (Å²) in [6, 6.07) is 0. The van der Waals surface area contributed by atoms with Crippen molar-refractivity contribution >= 4 is 29.9 Å². The molecule has 0 amide bonds. The third-order valence-corrected chi connectivity index (χ3v) is 4.01. The molecule has 0 aliphatic carbocycles. The van der Waals surface area contributed by atoms with Crippen LogP contribution in [0.1, 0.15) is 40.0 Å². The Labute approximate surface area is 164 Å². The molecule has 0 radical (unpaired) electrons. The number of aliphatic imine (C=N–C) groups is 1. The van der Waals surface area contributed by atoms with Crippen molar-refractivity contribution in [2.45, 2.75) is 46.1 Å². The molecule has 2 N–H and O–H groups in total. The monoisotopic (exact) mass is 457 g/mol. The number of halogens is 1. The fraction of sp³-hybridized carbons (Fsp3) is 0.941. The SMILES string of the molecule is CCNC(=NCC(C)(C)CO)N1CCC(OCCCOC)CC1.I. The van der Waals surface area contributed by atoms with E-state index in [1.165, 1.54) is 0 Å². The molecule has 1 aliphatic heterocycles. The van der Waals surface area contributed by atoms with Gasteiger partial charge in [-0.25, -0.2) is 0 Å². The first-order valence-electron chi connectivity index (χ1n) is 8.77. The van der Waals surface area contributed by atoms with Gasteiger partial charge in [0.05, 0.1) is 12.6 Å². The van der Waals surface area contributed by atoms with Gasteiger partial charge in [-0.05, 0) is 26.2 Å². The zero-order valence-corrected chi connectivity index (χ0v) is 18.0. The largest absolute Gasteiger partial charge is 0.396 e. The van der Waals surface area contributed by atoms with Crippen molar-refractivity contribution < 1.29 is 14.6 Å². The van der Waals surface area contributed by atoms with Crippen LogP contribution in [0, 0.1) is 5.41 Å². The van der Waals surface area contributed by atoms with Crippen molar-refractivity contribution in [2.75, 3.05) is 53.1 Å². The second kappa shape index (κ2) is 13.1. The van der Waals surface area contributed by atoms with Crippen LogP contribution >= 0.6 is 24.0 Å². The lowest BCUT2D eigenvalue weighted by Gasteiger charge is -2.34. The molecule has 0 aromatic rings. The topological polar surface area (TPSA) is 66.3 Å². The summed E-state index contributed by atoms with van der Waals surface area (Å²) in [5.41, 5.74) is -0.177. The third-order valence-electron chi connectivity index (χ3n) is 4.01. The molecule has 7 heteroatoms. The van der Waals surface area contributed by atoms with Crippen LogP contribution in [-0.2, 0) is 9.47 Å². The molecule has 1 aliphatic rings. The molecule has 1 heterocycles. The van der Waals surface area contributed by atoms with Crippen LogP contribution in [0.4, 0.5) is 0 Å². The fourth-order valence-electron chi connectivity index (χ4n) is 2.45. The molecular weight excluding hydrogens is 421 g/mol. The summed E-state index contributed by atoms with van der Waals surface area (Å²) in [4.78, 5) is 7.00. The van der Waals surface area contributed by atoms with E-state index < -0.39 is 0 Å². The minimum atomic E-state index is -0.177. The van der Waals surface area contributed by atoms with Crippen LogP contribution in [0.2, 0.25) is 0 Å². The smallest absolute Gasteiger partial charge is 0.193 e.